The fourth-order valence-corrected chi connectivity index (χ4v) is 5.68. The van der Waals surface area contributed by atoms with Crippen LogP contribution in [-0.4, -0.2) is 22.0 Å². The highest BCUT2D eigenvalue weighted by molar-refractivity contribution is 6.31. The Labute approximate surface area is 138 Å². The second kappa shape index (κ2) is 5.23. The number of amides is 1. The third-order valence-corrected chi connectivity index (χ3v) is 6.13. The lowest BCUT2D eigenvalue weighted by atomic mass is 9.48. The van der Waals surface area contributed by atoms with Gasteiger partial charge in [-0.05, 0) is 56.3 Å². The number of nitrogens with two attached hydrogens (primary N) is 1. The van der Waals surface area contributed by atoms with Crippen molar-refractivity contribution in [2.45, 2.75) is 44.6 Å². The van der Waals surface area contributed by atoms with Gasteiger partial charge in [-0.2, -0.15) is 4.98 Å². The molecular formula is C16H20ClN3O3. The van der Waals surface area contributed by atoms with E-state index >= 15 is 0 Å². The molecule has 0 saturated heterocycles. The number of aromatic nitrogens is 2. The zero-order chi connectivity index (χ0) is 16.2. The molecule has 124 valence electrons. The molecule has 1 aromatic rings. The number of carbonyl (C=O) groups is 1. The summed E-state index contributed by atoms with van der Waals surface area (Å²) in [5.74, 6) is 1.48. The monoisotopic (exact) mass is 337 g/mol. The van der Waals surface area contributed by atoms with Crippen LogP contribution in [0.15, 0.2) is 11.0 Å². The summed E-state index contributed by atoms with van der Waals surface area (Å²) >= 11 is 6.04. The van der Waals surface area contributed by atoms with Crippen LogP contribution in [0.1, 0.15) is 38.5 Å². The summed E-state index contributed by atoms with van der Waals surface area (Å²) < 4.78 is 5.83. The molecule has 5 rings (SSSR count). The second-order valence-electron chi connectivity index (χ2n) is 7.54. The van der Waals surface area contributed by atoms with Crippen LogP contribution in [0.3, 0.4) is 0 Å². The van der Waals surface area contributed by atoms with Crippen LogP contribution >= 0.6 is 11.6 Å². The average molecular weight is 338 g/mol. The number of halogens is 1. The van der Waals surface area contributed by atoms with E-state index in [2.05, 4.69) is 9.97 Å². The summed E-state index contributed by atoms with van der Waals surface area (Å²) in [4.78, 5) is 29.7. The molecule has 0 aliphatic heterocycles. The van der Waals surface area contributed by atoms with Crippen molar-refractivity contribution in [1.82, 2.24) is 9.97 Å². The van der Waals surface area contributed by atoms with Gasteiger partial charge in [0.15, 0.2) is 6.10 Å². The maximum atomic E-state index is 12.2. The summed E-state index contributed by atoms with van der Waals surface area (Å²) in [6.45, 7) is 0. The average Bonchev–Trinajstić information content (AvgIpc) is 2.46. The van der Waals surface area contributed by atoms with Crippen LogP contribution in [0.25, 0.3) is 0 Å². The number of ether oxygens (including phenoxy) is 1. The number of nitrogens with one attached hydrogen (secondary N) is 1. The SMILES string of the molecule is NC(=O)C(Oc1nc(=O)[nH]cc1Cl)C12CC3CC(CC(C3)C1)C2. The molecule has 4 bridgehead atoms. The highest BCUT2D eigenvalue weighted by atomic mass is 35.5. The molecule has 0 aromatic carbocycles. The minimum absolute atomic E-state index is 0.00466. The van der Waals surface area contributed by atoms with E-state index in [4.69, 9.17) is 22.1 Å². The molecule has 4 saturated carbocycles. The summed E-state index contributed by atoms with van der Waals surface area (Å²) in [5.41, 5.74) is 4.89. The van der Waals surface area contributed by atoms with Gasteiger partial charge in [-0.3, -0.25) is 4.79 Å². The van der Waals surface area contributed by atoms with Crippen LogP contribution in [0.5, 0.6) is 5.88 Å². The van der Waals surface area contributed by atoms with Crippen molar-refractivity contribution in [3.8, 4) is 5.88 Å². The maximum absolute atomic E-state index is 12.2. The van der Waals surface area contributed by atoms with Crippen LogP contribution in [0, 0.1) is 23.2 Å². The predicted octanol–water partition coefficient (Wildman–Crippen LogP) is 1.87. The normalized spacial score (nSPS) is 36.0. The molecule has 3 N–H and O–H groups in total. The first-order valence-corrected chi connectivity index (χ1v) is 8.54. The first-order valence-electron chi connectivity index (χ1n) is 8.16. The van der Waals surface area contributed by atoms with Gasteiger partial charge in [-0.15, -0.1) is 0 Å². The van der Waals surface area contributed by atoms with E-state index in [0.29, 0.717) is 17.8 Å². The molecule has 6 nitrogen and oxygen atoms in total. The van der Waals surface area contributed by atoms with Crippen molar-refractivity contribution in [3.05, 3.63) is 21.7 Å². The molecule has 1 aromatic heterocycles. The lowest BCUT2D eigenvalue weighted by molar-refractivity contribution is -0.148. The van der Waals surface area contributed by atoms with E-state index < -0.39 is 17.7 Å². The topological polar surface area (TPSA) is 98.1 Å². The second-order valence-corrected chi connectivity index (χ2v) is 7.95. The Morgan fingerprint density at radius 1 is 1.30 bits per heavy atom. The number of aromatic amines is 1. The number of hydrogen-bond acceptors (Lipinski definition) is 4. The molecule has 4 aliphatic carbocycles. The highest BCUT2D eigenvalue weighted by Gasteiger charge is 2.57. The molecule has 23 heavy (non-hydrogen) atoms. The lowest BCUT2D eigenvalue weighted by Gasteiger charge is -2.58. The Morgan fingerprint density at radius 3 is 2.39 bits per heavy atom. The zero-order valence-electron chi connectivity index (χ0n) is 12.8. The summed E-state index contributed by atoms with van der Waals surface area (Å²) in [6.07, 6.45) is 7.22. The predicted molar refractivity (Wildman–Crippen MR) is 84.1 cm³/mol. The molecule has 0 radical (unpaired) electrons. The minimum atomic E-state index is -0.775. The number of nitrogens with zero attached hydrogens (tertiary/aromatic N) is 1. The van der Waals surface area contributed by atoms with E-state index in [0.717, 1.165) is 19.3 Å². The molecule has 1 heterocycles. The number of carbonyl (C=O) groups excluding carboxylic acids is 1. The molecule has 4 aliphatic rings. The van der Waals surface area contributed by atoms with E-state index in [-0.39, 0.29) is 16.3 Å². The largest absolute Gasteiger partial charge is 0.462 e. The fourth-order valence-electron chi connectivity index (χ4n) is 5.54. The van der Waals surface area contributed by atoms with E-state index in [1.165, 1.54) is 25.5 Å². The van der Waals surface area contributed by atoms with E-state index in [1.807, 2.05) is 0 Å². The molecule has 0 spiro atoms. The first kappa shape index (κ1) is 15.0. The van der Waals surface area contributed by atoms with Crippen LogP contribution in [0.4, 0.5) is 0 Å². The number of hydrogen-bond donors (Lipinski definition) is 2. The lowest BCUT2D eigenvalue weighted by Crippen LogP contribution is -2.57. The van der Waals surface area contributed by atoms with Crippen molar-refractivity contribution in [3.63, 3.8) is 0 Å². The van der Waals surface area contributed by atoms with Crippen LogP contribution in [-0.2, 0) is 4.79 Å². The molecule has 1 atom stereocenters. The Kier molecular flexibility index (Phi) is 3.41. The fraction of sp³-hybridized carbons (Fsp3) is 0.688. The standard InChI is InChI=1S/C16H20ClN3O3/c17-11-7-19-15(22)20-14(11)23-12(13(18)21)16-4-8-1-9(5-16)3-10(2-8)6-16/h7-10,12H,1-6H2,(H2,18,21)(H,19,20,22). The van der Waals surface area contributed by atoms with Crippen molar-refractivity contribution < 1.29 is 9.53 Å². The molecule has 7 heteroatoms. The van der Waals surface area contributed by atoms with Crippen LogP contribution in [0.2, 0.25) is 5.02 Å². The third kappa shape index (κ3) is 2.53. The Balaban J connectivity index is 1.67. The number of H-pyrrole nitrogens is 1. The molecule has 4 fully saturated rings. The third-order valence-electron chi connectivity index (χ3n) is 5.86. The van der Waals surface area contributed by atoms with Gasteiger partial charge in [-0.1, -0.05) is 11.6 Å². The number of primary amides is 1. The van der Waals surface area contributed by atoms with Gasteiger partial charge in [-0.25, -0.2) is 4.79 Å². The molecular weight excluding hydrogens is 318 g/mol. The van der Waals surface area contributed by atoms with E-state index in [1.54, 1.807) is 0 Å². The van der Waals surface area contributed by atoms with Gasteiger partial charge in [0.25, 0.3) is 5.91 Å². The van der Waals surface area contributed by atoms with Gasteiger partial charge in [0.1, 0.15) is 5.02 Å². The Morgan fingerprint density at radius 2 is 1.87 bits per heavy atom. The Bertz CT molecular complexity index is 667. The molecule has 1 unspecified atom stereocenters. The van der Waals surface area contributed by atoms with Gasteiger partial charge in [0.05, 0.1) is 0 Å². The summed E-state index contributed by atoms with van der Waals surface area (Å²) in [7, 11) is 0. The van der Waals surface area contributed by atoms with Gasteiger partial charge in [0.2, 0.25) is 5.88 Å². The van der Waals surface area contributed by atoms with Crippen molar-refractivity contribution in [1.29, 1.82) is 0 Å². The number of rotatable bonds is 4. The quantitative estimate of drug-likeness (QED) is 0.876. The van der Waals surface area contributed by atoms with Crippen molar-refractivity contribution in [2.75, 3.05) is 0 Å². The zero-order valence-corrected chi connectivity index (χ0v) is 13.5. The Hall–Kier alpha value is -1.56. The molecule has 1 amide bonds. The van der Waals surface area contributed by atoms with Crippen molar-refractivity contribution in [2.24, 2.45) is 28.9 Å². The minimum Gasteiger partial charge on any atom is -0.462 e. The first-order chi connectivity index (χ1) is 10.9. The highest BCUT2D eigenvalue weighted by Crippen LogP contribution is 2.61. The van der Waals surface area contributed by atoms with Crippen LogP contribution < -0.4 is 16.2 Å². The van der Waals surface area contributed by atoms with E-state index in [9.17, 15) is 9.59 Å². The van der Waals surface area contributed by atoms with Gasteiger partial charge >= 0.3 is 5.69 Å². The van der Waals surface area contributed by atoms with Crippen molar-refractivity contribution >= 4 is 17.5 Å². The smallest absolute Gasteiger partial charge is 0.348 e. The van der Waals surface area contributed by atoms with Gasteiger partial charge < -0.3 is 15.5 Å². The van der Waals surface area contributed by atoms with Gasteiger partial charge in [0, 0.05) is 11.6 Å². The summed E-state index contributed by atoms with van der Waals surface area (Å²) in [5, 5.41) is 0.181. The maximum Gasteiger partial charge on any atom is 0.348 e. The summed E-state index contributed by atoms with van der Waals surface area (Å²) in [6, 6.07) is 0.